The first-order valence-corrected chi connectivity index (χ1v) is 9.40. The second-order valence-corrected chi connectivity index (χ2v) is 7.80. The van der Waals surface area contributed by atoms with Gasteiger partial charge in [0.2, 0.25) is 0 Å². The Morgan fingerprint density at radius 1 is 1.23 bits per heavy atom. The molecule has 4 rings (SSSR count). The monoisotopic (exact) mass is 367 g/mol. The van der Waals surface area contributed by atoms with Crippen molar-refractivity contribution in [1.29, 1.82) is 10.8 Å². The van der Waals surface area contributed by atoms with E-state index in [1.807, 2.05) is 31.6 Å². The topological polar surface area (TPSA) is 96.2 Å². The lowest BCUT2D eigenvalue weighted by molar-refractivity contribution is 0.735. The van der Waals surface area contributed by atoms with Gasteiger partial charge in [-0.25, -0.2) is 9.67 Å². The fraction of sp³-hybridized carbons (Fsp3) is 0.389. The van der Waals surface area contributed by atoms with Crippen molar-refractivity contribution in [2.45, 2.75) is 39.0 Å². The molecular weight excluding hydrogens is 346 g/mol. The molecule has 7 nitrogen and oxygen atoms in total. The number of hydrogen-bond acceptors (Lipinski definition) is 6. The van der Waals surface area contributed by atoms with E-state index in [1.165, 1.54) is 9.69 Å². The van der Waals surface area contributed by atoms with Gasteiger partial charge in [0.1, 0.15) is 11.5 Å². The lowest BCUT2D eigenvalue weighted by Gasteiger charge is -2.08. The van der Waals surface area contributed by atoms with Gasteiger partial charge in [0, 0.05) is 30.0 Å². The molecule has 2 atom stereocenters. The van der Waals surface area contributed by atoms with Crippen LogP contribution < -0.4 is 5.49 Å². The van der Waals surface area contributed by atoms with Crippen molar-refractivity contribution in [3.63, 3.8) is 0 Å². The molecule has 2 N–H and O–H groups in total. The first-order valence-electron chi connectivity index (χ1n) is 8.52. The van der Waals surface area contributed by atoms with E-state index < -0.39 is 0 Å². The molecule has 8 heteroatoms. The van der Waals surface area contributed by atoms with Crippen molar-refractivity contribution in [3.05, 3.63) is 45.0 Å². The summed E-state index contributed by atoms with van der Waals surface area (Å²) in [4.78, 5) is 4.61. The molecule has 0 saturated heterocycles. The smallest absolute Gasteiger partial charge is 0.151 e. The highest BCUT2D eigenvalue weighted by atomic mass is 32.1. The summed E-state index contributed by atoms with van der Waals surface area (Å²) in [6.45, 7) is 5.53. The molecule has 0 spiro atoms. The highest BCUT2D eigenvalue weighted by Gasteiger charge is 2.43. The standard InChI is InChI=1S/C18H21N7S/c1-9-5-15(23-25(11(3)19)17(9)20)16-7-14(22-24(16)4)12-6-13(12)18-21-10(2)8-26-18/h5,7-8,12-13,19-20H,6H2,1-4H3. The highest BCUT2D eigenvalue weighted by molar-refractivity contribution is 7.09. The van der Waals surface area contributed by atoms with E-state index in [0.29, 0.717) is 11.8 Å². The lowest BCUT2D eigenvalue weighted by atomic mass is 10.2. The summed E-state index contributed by atoms with van der Waals surface area (Å²) in [5.41, 5.74) is 4.80. The fourth-order valence-electron chi connectivity index (χ4n) is 3.24. The Morgan fingerprint density at radius 3 is 2.65 bits per heavy atom. The van der Waals surface area contributed by atoms with Gasteiger partial charge in [0.25, 0.3) is 0 Å². The van der Waals surface area contributed by atoms with E-state index >= 15 is 0 Å². The Balaban J connectivity index is 1.68. The van der Waals surface area contributed by atoms with Crippen LogP contribution in [0.3, 0.4) is 0 Å². The third-order valence-corrected chi connectivity index (χ3v) is 5.84. The summed E-state index contributed by atoms with van der Waals surface area (Å²) in [5, 5.41) is 28.4. The second kappa shape index (κ2) is 5.98. The van der Waals surface area contributed by atoms with Crippen LogP contribution in [0.1, 0.15) is 47.1 Å². The largest absolute Gasteiger partial charge is 0.287 e. The third kappa shape index (κ3) is 2.80. The van der Waals surface area contributed by atoms with Gasteiger partial charge in [-0.05, 0) is 44.9 Å². The summed E-state index contributed by atoms with van der Waals surface area (Å²) in [6, 6.07) is 3.97. The maximum absolute atomic E-state index is 8.08. The Bertz CT molecular complexity index is 1070. The number of aryl methyl sites for hydroxylation is 3. The predicted octanol–water partition coefficient (Wildman–Crippen LogP) is 2.95. The molecule has 2 unspecified atom stereocenters. The van der Waals surface area contributed by atoms with Crippen LogP contribution in [-0.4, -0.2) is 30.4 Å². The maximum Gasteiger partial charge on any atom is 0.151 e. The van der Waals surface area contributed by atoms with Crippen LogP contribution in [-0.2, 0) is 7.05 Å². The zero-order valence-electron chi connectivity index (χ0n) is 15.2. The van der Waals surface area contributed by atoms with Crippen LogP contribution in [0, 0.1) is 24.7 Å². The van der Waals surface area contributed by atoms with Gasteiger partial charge in [-0.3, -0.25) is 15.5 Å². The van der Waals surface area contributed by atoms with Crippen molar-refractivity contribution in [2.24, 2.45) is 7.05 Å². The molecule has 0 aliphatic heterocycles. The van der Waals surface area contributed by atoms with Crippen molar-refractivity contribution >= 4 is 17.2 Å². The molecule has 1 saturated carbocycles. The van der Waals surface area contributed by atoms with Crippen LogP contribution in [0.25, 0.3) is 11.4 Å². The molecule has 0 bridgehead atoms. The first kappa shape index (κ1) is 16.8. The van der Waals surface area contributed by atoms with Crippen molar-refractivity contribution in [3.8, 4) is 11.4 Å². The normalized spacial score (nSPS) is 18.9. The predicted molar refractivity (Wildman–Crippen MR) is 101 cm³/mol. The SMILES string of the molecule is CC(=N)n1nc(-c2cc(C3CC3c3nc(C)cs3)nn2C)cc(C)c1=N. The van der Waals surface area contributed by atoms with E-state index in [2.05, 4.69) is 21.5 Å². The van der Waals surface area contributed by atoms with Gasteiger partial charge in [-0.2, -0.15) is 10.2 Å². The molecule has 0 aromatic carbocycles. The fourth-order valence-corrected chi connectivity index (χ4v) is 4.22. The summed E-state index contributed by atoms with van der Waals surface area (Å²) >= 11 is 1.73. The summed E-state index contributed by atoms with van der Waals surface area (Å²) in [5.74, 6) is 1.10. The average molecular weight is 367 g/mol. The molecule has 0 radical (unpaired) electrons. The molecule has 3 aromatic heterocycles. The van der Waals surface area contributed by atoms with Gasteiger partial charge >= 0.3 is 0 Å². The van der Waals surface area contributed by atoms with Gasteiger partial charge in [-0.15, -0.1) is 11.3 Å². The molecule has 3 heterocycles. The molecule has 1 aliphatic carbocycles. The highest BCUT2D eigenvalue weighted by Crippen LogP contribution is 2.55. The minimum atomic E-state index is 0.226. The van der Waals surface area contributed by atoms with Crippen LogP contribution in [0.5, 0.6) is 0 Å². The summed E-state index contributed by atoms with van der Waals surface area (Å²) in [6.07, 6.45) is 1.08. The van der Waals surface area contributed by atoms with Gasteiger partial charge in [-0.1, -0.05) is 0 Å². The van der Waals surface area contributed by atoms with Crippen molar-refractivity contribution in [1.82, 2.24) is 24.5 Å². The average Bonchev–Trinajstić information content (AvgIpc) is 3.11. The second-order valence-electron chi connectivity index (χ2n) is 6.91. The van der Waals surface area contributed by atoms with E-state index in [0.717, 1.165) is 34.8 Å². The zero-order valence-corrected chi connectivity index (χ0v) is 16.1. The molecule has 3 aromatic rings. The Kier molecular flexibility index (Phi) is 3.87. The molecule has 26 heavy (non-hydrogen) atoms. The minimum absolute atomic E-state index is 0.226. The Morgan fingerprint density at radius 2 is 2.00 bits per heavy atom. The summed E-state index contributed by atoms with van der Waals surface area (Å²) < 4.78 is 3.20. The van der Waals surface area contributed by atoms with E-state index in [4.69, 9.17) is 15.9 Å². The molecule has 1 fully saturated rings. The van der Waals surface area contributed by atoms with Crippen molar-refractivity contribution < 1.29 is 0 Å². The Hall–Kier alpha value is -2.61. The maximum atomic E-state index is 8.08. The Labute approximate surface area is 155 Å². The minimum Gasteiger partial charge on any atom is -0.287 e. The molecule has 1 aliphatic rings. The lowest BCUT2D eigenvalue weighted by Crippen LogP contribution is -2.29. The number of nitrogens with zero attached hydrogens (tertiary/aromatic N) is 5. The number of rotatable bonds is 3. The van der Waals surface area contributed by atoms with E-state index in [9.17, 15) is 0 Å². The number of nitrogens with one attached hydrogen (secondary N) is 2. The quantitative estimate of drug-likeness (QED) is 0.550. The molecule has 0 amide bonds. The number of thiazole rings is 1. The first-order chi connectivity index (χ1) is 12.3. The van der Waals surface area contributed by atoms with E-state index in [-0.39, 0.29) is 11.3 Å². The summed E-state index contributed by atoms with van der Waals surface area (Å²) in [7, 11) is 1.91. The van der Waals surface area contributed by atoms with Gasteiger partial charge in [0.05, 0.1) is 16.4 Å². The zero-order chi connectivity index (χ0) is 18.6. The third-order valence-electron chi connectivity index (χ3n) is 4.75. The number of hydrogen-bond donors (Lipinski definition) is 2. The van der Waals surface area contributed by atoms with Crippen LogP contribution in [0.15, 0.2) is 17.5 Å². The van der Waals surface area contributed by atoms with Crippen molar-refractivity contribution in [2.75, 3.05) is 0 Å². The van der Waals surface area contributed by atoms with Crippen LogP contribution in [0.2, 0.25) is 0 Å². The van der Waals surface area contributed by atoms with Crippen LogP contribution in [0.4, 0.5) is 0 Å². The number of aromatic nitrogens is 5. The molecular formula is C18H21N7S. The van der Waals surface area contributed by atoms with E-state index in [1.54, 1.807) is 18.3 Å². The molecule has 134 valence electrons. The van der Waals surface area contributed by atoms with Crippen LogP contribution >= 0.6 is 11.3 Å². The van der Waals surface area contributed by atoms with Gasteiger partial charge in [0.15, 0.2) is 5.49 Å². The van der Waals surface area contributed by atoms with Gasteiger partial charge < -0.3 is 0 Å².